The molecule has 0 unspecified atom stereocenters. The second-order valence-electron chi connectivity index (χ2n) is 4.22. The molecule has 0 saturated heterocycles. The van der Waals surface area contributed by atoms with E-state index in [9.17, 15) is 4.79 Å². The third-order valence-corrected chi connectivity index (χ3v) is 2.89. The molecule has 2 aromatic rings. The lowest BCUT2D eigenvalue weighted by atomic mass is 10.2. The van der Waals surface area contributed by atoms with E-state index in [1.165, 1.54) is 0 Å². The minimum atomic E-state index is -0.794. The highest BCUT2D eigenvalue weighted by molar-refractivity contribution is 5.66. The predicted octanol–water partition coefficient (Wildman–Crippen LogP) is 1.96. The Hall–Kier alpha value is -2.30. The van der Waals surface area contributed by atoms with Gasteiger partial charge in [-0.3, -0.25) is 9.48 Å². The molecule has 2 rings (SSSR count). The molecule has 5 nitrogen and oxygen atoms in total. The van der Waals surface area contributed by atoms with E-state index in [0.29, 0.717) is 13.0 Å². The fourth-order valence-electron chi connectivity index (χ4n) is 1.85. The van der Waals surface area contributed by atoms with Crippen molar-refractivity contribution in [2.24, 2.45) is 0 Å². The smallest absolute Gasteiger partial charge is 0.303 e. The molecule has 1 N–H and O–H groups in total. The van der Waals surface area contributed by atoms with Crippen LogP contribution in [0.3, 0.4) is 0 Å². The lowest BCUT2D eigenvalue weighted by Gasteiger charge is -2.07. The van der Waals surface area contributed by atoms with Crippen molar-refractivity contribution in [2.75, 3.05) is 7.11 Å². The topological polar surface area (TPSA) is 64.4 Å². The summed E-state index contributed by atoms with van der Waals surface area (Å²) in [4.78, 5) is 10.6. The third kappa shape index (κ3) is 3.58. The van der Waals surface area contributed by atoms with Crippen LogP contribution in [0.2, 0.25) is 0 Å². The van der Waals surface area contributed by atoms with Gasteiger partial charge < -0.3 is 9.84 Å². The maximum atomic E-state index is 10.6. The number of methoxy groups -OCH3 is 1. The molecule has 0 amide bonds. The molecule has 0 aliphatic carbocycles. The van der Waals surface area contributed by atoms with Gasteiger partial charge in [0, 0.05) is 11.9 Å². The average molecular weight is 260 g/mol. The van der Waals surface area contributed by atoms with Gasteiger partial charge in [0.05, 0.1) is 20.1 Å². The monoisotopic (exact) mass is 260 g/mol. The van der Waals surface area contributed by atoms with Crippen LogP contribution < -0.4 is 4.74 Å². The molecule has 5 heteroatoms. The van der Waals surface area contributed by atoms with E-state index in [0.717, 1.165) is 17.0 Å². The molecule has 19 heavy (non-hydrogen) atoms. The van der Waals surface area contributed by atoms with Crippen LogP contribution in [-0.4, -0.2) is 28.0 Å². The minimum Gasteiger partial charge on any atom is -0.497 e. The van der Waals surface area contributed by atoms with Gasteiger partial charge in [-0.25, -0.2) is 0 Å². The van der Waals surface area contributed by atoms with Gasteiger partial charge in [0.1, 0.15) is 5.75 Å². The Labute approximate surface area is 111 Å². The van der Waals surface area contributed by atoms with Gasteiger partial charge in [-0.05, 0) is 30.2 Å². The third-order valence-electron chi connectivity index (χ3n) is 2.89. The summed E-state index contributed by atoms with van der Waals surface area (Å²) in [7, 11) is 1.63. The summed E-state index contributed by atoms with van der Waals surface area (Å²) in [5.41, 5.74) is 2.03. The Morgan fingerprint density at radius 1 is 1.32 bits per heavy atom. The summed E-state index contributed by atoms with van der Waals surface area (Å²) in [6, 6.07) is 9.60. The molecule has 1 aromatic carbocycles. The maximum Gasteiger partial charge on any atom is 0.303 e. The van der Waals surface area contributed by atoms with Crippen LogP contribution in [0.5, 0.6) is 5.75 Å². The summed E-state index contributed by atoms with van der Waals surface area (Å²) in [5, 5.41) is 12.9. The Morgan fingerprint density at radius 3 is 2.68 bits per heavy atom. The van der Waals surface area contributed by atoms with Crippen molar-refractivity contribution in [3.8, 4) is 5.75 Å². The van der Waals surface area contributed by atoms with Crippen molar-refractivity contribution in [3.63, 3.8) is 0 Å². The van der Waals surface area contributed by atoms with E-state index < -0.39 is 5.97 Å². The molecular weight excluding hydrogens is 244 g/mol. The van der Waals surface area contributed by atoms with E-state index in [-0.39, 0.29) is 6.42 Å². The summed E-state index contributed by atoms with van der Waals surface area (Å²) < 4.78 is 6.93. The number of rotatable bonds is 6. The zero-order valence-corrected chi connectivity index (χ0v) is 10.7. The number of carboxylic acids is 1. The first-order valence-electron chi connectivity index (χ1n) is 6.04. The van der Waals surface area contributed by atoms with Crippen molar-refractivity contribution in [1.82, 2.24) is 9.78 Å². The van der Waals surface area contributed by atoms with Crippen LogP contribution in [0.25, 0.3) is 0 Å². The first-order valence-corrected chi connectivity index (χ1v) is 6.04. The lowest BCUT2D eigenvalue weighted by Crippen LogP contribution is -2.08. The number of benzene rings is 1. The van der Waals surface area contributed by atoms with Crippen LogP contribution in [0.1, 0.15) is 17.7 Å². The number of hydrogen-bond acceptors (Lipinski definition) is 3. The number of aromatic nitrogens is 2. The van der Waals surface area contributed by atoms with Gasteiger partial charge in [0.15, 0.2) is 0 Å². The van der Waals surface area contributed by atoms with Crippen molar-refractivity contribution < 1.29 is 14.6 Å². The van der Waals surface area contributed by atoms with Crippen molar-refractivity contribution in [1.29, 1.82) is 0 Å². The standard InChI is InChI=1S/C14H16N2O3/c1-19-13-5-2-11(3-6-13)10-16-12(8-9-15-16)4-7-14(17)18/h2-3,5-6,8-9H,4,7,10H2,1H3,(H,17,18). The molecule has 100 valence electrons. The second kappa shape index (κ2) is 6.04. The van der Waals surface area contributed by atoms with Crippen molar-refractivity contribution >= 4 is 5.97 Å². The Morgan fingerprint density at radius 2 is 2.05 bits per heavy atom. The minimum absolute atomic E-state index is 0.119. The molecule has 1 heterocycles. The summed E-state index contributed by atoms with van der Waals surface area (Å²) in [6.45, 7) is 0.631. The Bertz CT molecular complexity index is 546. The first-order chi connectivity index (χ1) is 9.19. The Balaban J connectivity index is 2.05. The molecule has 0 atom stereocenters. The number of aliphatic carboxylic acids is 1. The highest BCUT2D eigenvalue weighted by Gasteiger charge is 2.06. The molecule has 0 bridgehead atoms. The number of aryl methyl sites for hydroxylation is 1. The number of ether oxygens (including phenoxy) is 1. The molecule has 0 radical (unpaired) electrons. The zero-order chi connectivity index (χ0) is 13.7. The average Bonchev–Trinajstić information content (AvgIpc) is 2.84. The van der Waals surface area contributed by atoms with Crippen LogP contribution in [0.4, 0.5) is 0 Å². The molecule has 0 fully saturated rings. The van der Waals surface area contributed by atoms with Gasteiger partial charge >= 0.3 is 5.97 Å². The summed E-state index contributed by atoms with van der Waals surface area (Å²) in [5.74, 6) is 0.0208. The maximum absolute atomic E-state index is 10.6. The number of carboxylic acid groups (broad SMARTS) is 1. The van der Waals surface area contributed by atoms with Gasteiger partial charge in [0.2, 0.25) is 0 Å². The highest BCUT2D eigenvalue weighted by Crippen LogP contribution is 2.13. The molecule has 0 aliphatic heterocycles. The van der Waals surface area contributed by atoms with E-state index in [2.05, 4.69) is 5.10 Å². The van der Waals surface area contributed by atoms with Crippen LogP contribution in [0.15, 0.2) is 36.5 Å². The van der Waals surface area contributed by atoms with Crippen LogP contribution in [0, 0.1) is 0 Å². The van der Waals surface area contributed by atoms with E-state index in [4.69, 9.17) is 9.84 Å². The predicted molar refractivity (Wildman–Crippen MR) is 70.3 cm³/mol. The normalized spacial score (nSPS) is 10.4. The fraction of sp³-hybridized carbons (Fsp3) is 0.286. The van der Waals surface area contributed by atoms with Gasteiger partial charge in [-0.15, -0.1) is 0 Å². The lowest BCUT2D eigenvalue weighted by molar-refractivity contribution is -0.136. The van der Waals surface area contributed by atoms with Crippen molar-refractivity contribution in [3.05, 3.63) is 47.8 Å². The highest BCUT2D eigenvalue weighted by atomic mass is 16.5. The fourth-order valence-corrected chi connectivity index (χ4v) is 1.85. The zero-order valence-electron chi connectivity index (χ0n) is 10.7. The van der Waals surface area contributed by atoms with Gasteiger partial charge in [-0.1, -0.05) is 12.1 Å². The SMILES string of the molecule is COc1ccc(Cn2nccc2CCC(=O)O)cc1. The molecule has 0 saturated carbocycles. The number of carbonyl (C=O) groups is 1. The first kappa shape index (κ1) is 13.1. The molecule has 0 spiro atoms. The van der Waals surface area contributed by atoms with Crippen molar-refractivity contribution in [2.45, 2.75) is 19.4 Å². The van der Waals surface area contributed by atoms with Crippen LogP contribution >= 0.6 is 0 Å². The van der Waals surface area contributed by atoms with E-state index in [1.54, 1.807) is 13.3 Å². The second-order valence-corrected chi connectivity index (χ2v) is 4.22. The van der Waals surface area contributed by atoms with Gasteiger partial charge in [-0.2, -0.15) is 5.10 Å². The summed E-state index contributed by atoms with van der Waals surface area (Å²) in [6.07, 6.45) is 2.31. The van der Waals surface area contributed by atoms with Crippen LogP contribution in [-0.2, 0) is 17.8 Å². The Kier molecular flexibility index (Phi) is 4.18. The number of nitrogens with zero attached hydrogens (tertiary/aromatic N) is 2. The van der Waals surface area contributed by atoms with Gasteiger partial charge in [0.25, 0.3) is 0 Å². The molecule has 1 aromatic heterocycles. The van der Waals surface area contributed by atoms with E-state index in [1.807, 2.05) is 35.0 Å². The number of hydrogen-bond donors (Lipinski definition) is 1. The largest absolute Gasteiger partial charge is 0.497 e. The van der Waals surface area contributed by atoms with E-state index >= 15 is 0 Å². The summed E-state index contributed by atoms with van der Waals surface area (Å²) >= 11 is 0. The molecular formula is C14H16N2O3. The quantitative estimate of drug-likeness (QED) is 0.862. The molecule has 0 aliphatic rings.